The van der Waals surface area contributed by atoms with Crippen molar-refractivity contribution in [2.45, 2.75) is 23.7 Å². The average molecular weight is 302 g/mol. The Morgan fingerprint density at radius 2 is 2.24 bits per heavy atom. The molecule has 3 heterocycles. The van der Waals surface area contributed by atoms with Crippen LogP contribution < -0.4 is 5.32 Å². The van der Waals surface area contributed by atoms with E-state index in [2.05, 4.69) is 42.3 Å². The second kappa shape index (κ2) is 6.35. The van der Waals surface area contributed by atoms with Crippen LogP contribution >= 0.6 is 11.8 Å². The van der Waals surface area contributed by atoms with Crippen LogP contribution in [0.15, 0.2) is 41.2 Å². The van der Waals surface area contributed by atoms with Crippen molar-refractivity contribution >= 4 is 17.7 Å². The molecule has 0 spiro atoms. The zero-order valence-corrected chi connectivity index (χ0v) is 12.2. The minimum atomic E-state index is 0.475. The number of hydrogen-bond acceptors (Lipinski definition) is 7. The van der Waals surface area contributed by atoms with Crippen molar-refractivity contribution in [3.05, 3.63) is 30.9 Å². The topological polar surface area (TPSA) is 97.2 Å². The standard InChI is InChI=1S/C12H14N8S/c1-2-4-13-9-17-10(20-8-3-5-16-20)19-12(18-9)21-11-14-6-7-15-11/h3,5-8H,2,4H2,1H3,(H,14,15)(H,13,17,18,19). The van der Waals surface area contributed by atoms with E-state index in [4.69, 9.17) is 0 Å². The molecule has 0 aromatic carbocycles. The molecule has 0 aliphatic rings. The molecule has 3 aromatic rings. The van der Waals surface area contributed by atoms with Gasteiger partial charge in [0.2, 0.25) is 11.1 Å². The van der Waals surface area contributed by atoms with E-state index in [1.165, 1.54) is 11.8 Å². The summed E-state index contributed by atoms with van der Waals surface area (Å²) in [4.78, 5) is 20.3. The molecule has 0 saturated carbocycles. The Hall–Kier alpha value is -2.42. The number of nitrogens with one attached hydrogen (secondary N) is 2. The van der Waals surface area contributed by atoms with Crippen LogP contribution in [0.2, 0.25) is 0 Å². The van der Waals surface area contributed by atoms with Crippen LogP contribution in [0.5, 0.6) is 0 Å². The van der Waals surface area contributed by atoms with Gasteiger partial charge in [0.25, 0.3) is 5.95 Å². The second-order valence-corrected chi connectivity index (χ2v) is 5.07. The Kier molecular flexibility index (Phi) is 4.10. The second-order valence-electron chi connectivity index (χ2n) is 4.12. The maximum absolute atomic E-state index is 4.40. The molecule has 0 saturated heterocycles. The largest absolute Gasteiger partial charge is 0.354 e. The van der Waals surface area contributed by atoms with Crippen molar-refractivity contribution in [3.8, 4) is 5.95 Å². The molecule has 3 rings (SSSR count). The van der Waals surface area contributed by atoms with Gasteiger partial charge in [-0.3, -0.25) is 0 Å². The van der Waals surface area contributed by atoms with Gasteiger partial charge in [-0.1, -0.05) is 6.92 Å². The molecular formula is C12H14N8S. The first-order valence-electron chi connectivity index (χ1n) is 6.52. The number of aromatic nitrogens is 7. The summed E-state index contributed by atoms with van der Waals surface area (Å²) in [5.74, 6) is 1.01. The Morgan fingerprint density at radius 1 is 1.29 bits per heavy atom. The summed E-state index contributed by atoms with van der Waals surface area (Å²) < 4.78 is 1.60. The van der Waals surface area contributed by atoms with E-state index in [0.29, 0.717) is 17.1 Å². The summed E-state index contributed by atoms with van der Waals surface area (Å²) in [6.07, 6.45) is 7.91. The maximum Gasteiger partial charge on any atom is 0.256 e. The summed E-state index contributed by atoms with van der Waals surface area (Å²) >= 11 is 1.34. The van der Waals surface area contributed by atoms with Crippen LogP contribution in [0, 0.1) is 0 Å². The lowest BCUT2D eigenvalue weighted by molar-refractivity contribution is 0.757. The van der Waals surface area contributed by atoms with Gasteiger partial charge in [0, 0.05) is 31.3 Å². The molecule has 0 atom stereocenters. The van der Waals surface area contributed by atoms with Gasteiger partial charge in [0.05, 0.1) is 0 Å². The highest BCUT2D eigenvalue weighted by molar-refractivity contribution is 7.99. The molecule has 21 heavy (non-hydrogen) atoms. The summed E-state index contributed by atoms with van der Waals surface area (Å²) in [6, 6.07) is 1.82. The molecule has 0 unspecified atom stereocenters. The van der Waals surface area contributed by atoms with Crippen molar-refractivity contribution in [3.63, 3.8) is 0 Å². The van der Waals surface area contributed by atoms with Gasteiger partial charge in [-0.25, -0.2) is 9.67 Å². The summed E-state index contributed by atoms with van der Waals surface area (Å²) in [6.45, 7) is 2.88. The van der Waals surface area contributed by atoms with Crippen molar-refractivity contribution in [2.24, 2.45) is 0 Å². The molecule has 108 valence electrons. The van der Waals surface area contributed by atoms with E-state index in [1.807, 2.05) is 6.07 Å². The summed E-state index contributed by atoms with van der Waals surface area (Å²) in [5, 5.41) is 8.61. The molecule has 8 nitrogen and oxygen atoms in total. The predicted octanol–water partition coefficient (Wildman–Crippen LogP) is 1.75. The number of rotatable bonds is 6. The molecule has 0 amide bonds. The lowest BCUT2D eigenvalue weighted by atomic mass is 10.5. The highest BCUT2D eigenvalue weighted by Gasteiger charge is 2.10. The van der Waals surface area contributed by atoms with Crippen LogP contribution in [0.4, 0.5) is 5.95 Å². The quantitative estimate of drug-likeness (QED) is 0.716. The van der Waals surface area contributed by atoms with E-state index in [-0.39, 0.29) is 0 Å². The number of imidazole rings is 1. The predicted molar refractivity (Wildman–Crippen MR) is 78.4 cm³/mol. The third-order valence-electron chi connectivity index (χ3n) is 2.51. The first-order chi connectivity index (χ1) is 10.3. The van der Waals surface area contributed by atoms with E-state index in [9.17, 15) is 0 Å². The normalized spacial score (nSPS) is 10.7. The fourth-order valence-corrected chi connectivity index (χ4v) is 2.26. The zero-order valence-electron chi connectivity index (χ0n) is 11.4. The molecule has 0 aliphatic heterocycles. The first kappa shape index (κ1) is 13.6. The first-order valence-corrected chi connectivity index (χ1v) is 7.34. The van der Waals surface area contributed by atoms with Gasteiger partial charge in [0.1, 0.15) is 0 Å². The monoisotopic (exact) mass is 302 g/mol. The number of anilines is 1. The van der Waals surface area contributed by atoms with Crippen molar-refractivity contribution in [1.29, 1.82) is 0 Å². The van der Waals surface area contributed by atoms with Crippen molar-refractivity contribution in [1.82, 2.24) is 34.7 Å². The van der Waals surface area contributed by atoms with E-state index >= 15 is 0 Å². The number of aromatic amines is 1. The van der Waals surface area contributed by atoms with Gasteiger partial charge >= 0.3 is 0 Å². The van der Waals surface area contributed by atoms with Crippen LogP contribution in [-0.2, 0) is 0 Å². The Labute approximate surface area is 125 Å². The minimum absolute atomic E-state index is 0.475. The lowest BCUT2D eigenvalue weighted by Gasteiger charge is -2.07. The van der Waals surface area contributed by atoms with Crippen LogP contribution in [0.25, 0.3) is 5.95 Å². The maximum atomic E-state index is 4.40. The molecule has 0 fully saturated rings. The van der Waals surface area contributed by atoms with E-state index in [1.54, 1.807) is 29.5 Å². The molecular weight excluding hydrogens is 288 g/mol. The lowest BCUT2D eigenvalue weighted by Crippen LogP contribution is -2.10. The molecule has 0 radical (unpaired) electrons. The van der Waals surface area contributed by atoms with Crippen molar-refractivity contribution in [2.75, 3.05) is 11.9 Å². The van der Waals surface area contributed by atoms with Gasteiger partial charge in [-0.2, -0.15) is 20.1 Å². The van der Waals surface area contributed by atoms with E-state index < -0.39 is 0 Å². The van der Waals surface area contributed by atoms with Crippen molar-refractivity contribution < 1.29 is 0 Å². The molecule has 3 aromatic heterocycles. The van der Waals surface area contributed by atoms with Gasteiger partial charge < -0.3 is 10.3 Å². The third-order valence-corrected chi connectivity index (χ3v) is 3.29. The molecule has 0 aliphatic carbocycles. The Bertz CT molecular complexity index is 679. The zero-order chi connectivity index (χ0) is 14.5. The Morgan fingerprint density at radius 3 is 2.95 bits per heavy atom. The van der Waals surface area contributed by atoms with Gasteiger partial charge in [0.15, 0.2) is 5.16 Å². The summed E-state index contributed by atoms with van der Waals surface area (Å²) in [5.41, 5.74) is 0. The minimum Gasteiger partial charge on any atom is -0.354 e. The number of hydrogen-bond donors (Lipinski definition) is 2. The highest BCUT2D eigenvalue weighted by atomic mass is 32.2. The SMILES string of the molecule is CCCNc1nc(Sc2ncc[nH]2)nc(-n2cccn2)n1. The van der Waals surface area contributed by atoms with Crippen LogP contribution in [-0.4, -0.2) is 41.2 Å². The fourth-order valence-electron chi connectivity index (χ4n) is 1.59. The number of H-pyrrole nitrogens is 1. The van der Waals surface area contributed by atoms with Gasteiger partial charge in [-0.15, -0.1) is 0 Å². The smallest absolute Gasteiger partial charge is 0.256 e. The fraction of sp³-hybridized carbons (Fsp3) is 0.250. The molecule has 2 N–H and O–H groups in total. The number of nitrogens with zero attached hydrogens (tertiary/aromatic N) is 6. The molecule has 9 heteroatoms. The van der Waals surface area contributed by atoms with E-state index in [0.717, 1.165) is 18.1 Å². The third kappa shape index (κ3) is 3.37. The highest BCUT2D eigenvalue weighted by Crippen LogP contribution is 2.22. The van der Waals surface area contributed by atoms with Crippen LogP contribution in [0.3, 0.4) is 0 Å². The van der Waals surface area contributed by atoms with Crippen LogP contribution in [0.1, 0.15) is 13.3 Å². The Balaban J connectivity index is 1.92. The molecule has 0 bridgehead atoms. The summed E-state index contributed by atoms with van der Waals surface area (Å²) in [7, 11) is 0. The average Bonchev–Trinajstić information content (AvgIpc) is 3.18. The van der Waals surface area contributed by atoms with Gasteiger partial charge in [-0.05, 0) is 24.2 Å².